The van der Waals surface area contributed by atoms with Gasteiger partial charge in [0.05, 0.1) is 13.2 Å². The van der Waals surface area contributed by atoms with Gasteiger partial charge in [0.25, 0.3) is 5.91 Å². The second-order valence-corrected chi connectivity index (χ2v) is 7.21. The molecule has 152 valence electrons. The average molecular weight is 417 g/mol. The monoisotopic (exact) mass is 417 g/mol. The molecule has 2 amide bonds. The van der Waals surface area contributed by atoms with Crippen molar-refractivity contribution in [1.82, 2.24) is 9.80 Å². The predicted octanol–water partition coefficient (Wildman–Crippen LogP) is 2.01. The van der Waals surface area contributed by atoms with Crippen LogP contribution in [-0.4, -0.2) is 56.8 Å². The van der Waals surface area contributed by atoms with Crippen LogP contribution < -0.4 is 5.73 Å². The second kappa shape index (κ2) is 8.14. The number of nitrogens with two attached hydrogens (primary N) is 1. The molecule has 1 aliphatic rings. The lowest BCUT2D eigenvalue weighted by Gasteiger charge is -2.43. The molecule has 4 N–H and O–H groups in total. The van der Waals surface area contributed by atoms with Crippen LogP contribution in [0.4, 0.5) is 9.18 Å². The zero-order valence-corrected chi connectivity index (χ0v) is 16.2. The van der Waals surface area contributed by atoms with Crippen molar-refractivity contribution in [3.63, 3.8) is 0 Å². The molecule has 3 rings (SSSR count). The SMILES string of the molecule is NC(=S)N(C(=O)c1ccccc1)C1(c2ccccc2F)CN(C(=O)O)CC1CO. The number of aliphatic hydroxyl groups excluding tert-OH is 1. The summed E-state index contributed by atoms with van der Waals surface area (Å²) in [5.74, 6) is -2.10. The molecule has 1 aliphatic heterocycles. The largest absolute Gasteiger partial charge is 0.465 e. The average Bonchev–Trinajstić information content (AvgIpc) is 3.09. The number of carbonyl (C=O) groups excluding carboxylic acids is 1. The van der Waals surface area contributed by atoms with Gasteiger partial charge in [0.15, 0.2) is 5.11 Å². The number of rotatable bonds is 4. The van der Waals surface area contributed by atoms with E-state index in [1.165, 1.54) is 18.2 Å². The summed E-state index contributed by atoms with van der Waals surface area (Å²) < 4.78 is 14.9. The lowest BCUT2D eigenvalue weighted by Crippen LogP contribution is -2.59. The minimum absolute atomic E-state index is 0.0416. The Morgan fingerprint density at radius 2 is 1.83 bits per heavy atom. The van der Waals surface area contributed by atoms with Crippen LogP contribution in [0.15, 0.2) is 54.6 Å². The second-order valence-electron chi connectivity index (χ2n) is 6.79. The van der Waals surface area contributed by atoms with Crippen LogP contribution in [0.25, 0.3) is 0 Å². The fraction of sp³-hybridized carbons (Fsp3) is 0.250. The quantitative estimate of drug-likeness (QED) is 0.657. The lowest BCUT2D eigenvalue weighted by molar-refractivity contribution is 0.0519. The van der Waals surface area contributed by atoms with Crippen molar-refractivity contribution in [3.8, 4) is 0 Å². The number of carbonyl (C=O) groups is 2. The Bertz CT molecular complexity index is 942. The summed E-state index contributed by atoms with van der Waals surface area (Å²) in [6, 6.07) is 13.9. The highest BCUT2D eigenvalue weighted by molar-refractivity contribution is 7.80. The maximum atomic E-state index is 14.9. The highest BCUT2D eigenvalue weighted by atomic mass is 32.1. The van der Waals surface area contributed by atoms with E-state index in [1.807, 2.05) is 0 Å². The number of halogens is 1. The molecule has 1 fully saturated rings. The van der Waals surface area contributed by atoms with Gasteiger partial charge in [-0.05, 0) is 30.4 Å². The topological polar surface area (TPSA) is 107 Å². The molecule has 0 bridgehead atoms. The summed E-state index contributed by atoms with van der Waals surface area (Å²) in [6.07, 6.45) is -1.25. The van der Waals surface area contributed by atoms with Crippen LogP contribution in [0, 0.1) is 11.7 Å². The number of hydrogen-bond acceptors (Lipinski definition) is 4. The van der Waals surface area contributed by atoms with Gasteiger partial charge in [-0.15, -0.1) is 0 Å². The molecule has 0 radical (unpaired) electrons. The summed E-state index contributed by atoms with van der Waals surface area (Å²) in [7, 11) is 0. The standard InChI is InChI=1S/C20H20FN3O4S/c21-16-9-5-4-8-15(16)20(12-23(19(27)28)10-14(20)11-25)24(18(22)29)17(26)13-6-2-1-3-7-13/h1-9,14,25H,10-12H2,(H2,22,29)(H,27,28). The van der Waals surface area contributed by atoms with Crippen molar-refractivity contribution in [2.45, 2.75) is 5.54 Å². The third-order valence-electron chi connectivity index (χ3n) is 5.22. The van der Waals surface area contributed by atoms with Gasteiger partial charge in [-0.3, -0.25) is 9.69 Å². The molecule has 0 saturated carbocycles. The summed E-state index contributed by atoms with van der Waals surface area (Å²) in [5.41, 5.74) is 4.63. The normalized spacial score (nSPS) is 21.0. The molecule has 1 heterocycles. The van der Waals surface area contributed by atoms with Gasteiger partial charge in [0.2, 0.25) is 0 Å². The van der Waals surface area contributed by atoms with Crippen LogP contribution in [0.2, 0.25) is 0 Å². The number of benzene rings is 2. The van der Waals surface area contributed by atoms with Crippen molar-refractivity contribution < 1.29 is 24.2 Å². The van der Waals surface area contributed by atoms with Gasteiger partial charge in [0.1, 0.15) is 11.4 Å². The zero-order valence-electron chi connectivity index (χ0n) is 15.4. The number of amides is 2. The molecule has 0 aromatic heterocycles. The first-order valence-corrected chi connectivity index (χ1v) is 9.26. The van der Waals surface area contributed by atoms with E-state index >= 15 is 0 Å². The minimum Gasteiger partial charge on any atom is -0.465 e. The first-order chi connectivity index (χ1) is 13.8. The van der Waals surface area contributed by atoms with Crippen LogP contribution in [0.1, 0.15) is 15.9 Å². The number of carboxylic acid groups (broad SMARTS) is 1. The van der Waals surface area contributed by atoms with Gasteiger partial charge < -0.3 is 20.8 Å². The summed E-state index contributed by atoms with van der Waals surface area (Å²) in [5, 5.41) is 19.3. The first kappa shape index (κ1) is 20.7. The molecule has 2 unspecified atom stereocenters. The van der Waals surface area contributed by atoms with Crippen LogP contribution >= 0.6 is 12.2 Å². The van der Waals surface area contributed by atoms with E-state index < -0.39 is 35.9 Å². The van der Waals surface area contributed by atoms with E-state index in [1.54, 1.807) is 36.4 Å². The molecule has 7 nitrogen and oxygen atoms in total. The molecular weight excluding hydrogens is 397 g/mol. The first-order valence-electron chi connectivity index (χ1n) is 8.85. The number of nitrogens with zero attached hydrogens (tertiary/aromatic N) is 2. The van der Waals surface area contributed by atoms with E-state index in [0.717, 1.165) is 9.80 Å². The van der Waals surface area contributed by atoms with E-state index in [-0.39, 0.29) is 29.3 Å². The minimum atomic E-state index is -1.60. The van der Waals surface area contributed by atoms with Gasteiger partial charge in [0, 0.05) is 23.6 Å². The van der Waals surface area contributed by atoms with E-state index in [4.69, 9.17) is 18.0 Å². The molecule has 2 aromatic rings. The fourth-order valence-electron chi connectivity index (χ4n) is 3.94. The van der Waals surface area contributed by atoms with E-state index in [9.17, 15) is 24.2 Å². The summed E-state index contributed by atoms with van der Waals surface area (Å²) in [6.45, 7) is -0.898. The van der Waals surface area contributed by atoms with Crippen LogP contribution in [-0.2, 0) is 5.54 Å². The summed E-state index contributed by atoms with van der Waals surface area (Å²) in [4.78, 5) is 27.1. The number of hydrogen-bond donors (Lipinski definition) is 3. The Labute approximate surface area is 172 Å². The number of aliphatic hydroxyl groups is 1. The smallest absolute Gasteiger partial charge is 0.407 e. The van der Waals surface area contributed by atoms with Crippen molar-refractivity contribution >= 4 is 29.3 Å². The maximum absolute atomic E-state index is 14.9. The fourth-order valence-corrected chi connectivity index (χ4v) is 4.18. The Balaban J connectivity index is 2.26. The Morgan fingerprint density at radius 3 is 2.38 bits per heavy atom. The van der Waals surface area contributed by atoms with Gasteiger partial charge >= 0.3 is 6.09 Å². The molecule has 0 spiro atoms. The van der Waals surface area contributed by atoms with Gasteiger partial charge in [-0.2, -0.15) is 0 Å². The maximum Gasteiger partial charge on any atom is 0.407 e. The Kier molecular flexibility index (Phi) is 5.81. The predicted molar refractivity (Wildman–Crippen MR) is 108 cm³/mol. The van der Waals surface area contributed by atoms with Gasteiger partial charge in [-0.25, -0.2) is 9.18 Å². The third-order valence-corrected chi connectivity index (χ3v) is 5.41. The summed E-state index contributed by atoms with van der Waals surface area (Å²) >= 11 is 5.16. The van der Waals surface area contributed by atoms with Crippen LogP contribution in [0.3, 0.4) is 0 Å². The third kappa shape index (κ3) is 3.54. The van der Waals surface area contributed by atoms with Crippen LogP contribution in [0.5, 0.6) is 0 Å². The number of likely N-dealkylation sites (tertiary alicyclic amines) is 1. The molecule has 2 aromatic carbocycles. The van der Waals surface area contributed by atoms with E-state index in [2.05, 4.69) is 0 Å². The van der Waals surface area contributed by atoms with Crippen molar-refractivity contribution in [2.75, 3.05) is 19.7 Å². The van der Waals surface area contributed by atoms with Crippen molar-refractivity contribution in [3.05, 3.63) is 71.5 Å². The molecule has 29 heavy (non-hydrogen) atoms. The molecular formula is C20H20FN3O4S. The van der Waals surface area contributed by atoms with E-state index in [0.29, 0.717) is 0 Å². The van der Waals surface area contributed by atoms with Gasteiger partial charge in [-0.1, -0.05) is 36.4 Å². The van der Waals surface area contributed by atoms with Crippen molar-refractivity contribution in [1.29, 1.82) is 0 Å². The Morgan fingerprint density at radius 1 is 1.21 bits per heavy atom. The molecule has 1 saturated heterocycles. The van der Waals surface area contributed by atoms with Crippen molar-refractivity contribution in [2.24, 2.45) is 11.7 Å². The zero-order chi connectivity index (χ0) is 21.2. The highest BCUT2D eigenvalue weighted by Gasteiger charge is 2.56. The molecule has 9 heteroatoms. The highest BCUT2D eigenvalue weighted by Crippen LogP contribution is 2.44. The Hall–Kier alpha value is -3.04. The lowest BCUT2D eigenvalue weighted by atomic mass is 9.78. The number of thiocarbonyl (C=S) groups is 1. The molecule has 0 aliphatic carbocycles. The molecule has 2 atom stereocenters.